The average molecular weight is 336 g/mol. The van der Waals surface area contributed by atoms with Gasteiger partial charge in [0.25, 0.3) is 0 Å². The highest BCUT2D eigenvalue weighted by Gasteiger charge is 2.27. The normalized spacial score (nSPS) is 17.0. The Labute approximate surface area is 138 Å². The van der Waals surface area contributed by atoms with E-state index in [2.05, 4.69) is 20.6 Å². The molecule has 0 bridgehead atoms. The lowest BCUT2D eigenvalue weighted by Gasteiger charge is -2.15. The quantitative estimate of drug-likeness (QED) is 0.870. The van der Waals surface area contributed by atoms with Crippen LogP contribution >= 0.6 is 22.7 Å². The van der Waals surface area contributed by atoms with Crippen molar-refractivity contribution in [3.63, 3.8) is 0 Å². The van der Waals surface area contributed by atoms with Crippen LogP contribution in [0.15, 0.2) is 11.6 Å². The molecule has 2 unspecified atom stereocenters. The topological polar surface area (TPSA) is 66.9 Å². The molecule has 2 aromatic rings. The summed E-state index contributed by atoms with van der Waals surface area (Å²) < 4.78 is 0. The summed E-state index contributed by atoms with van der Waals surface area (Å²) in [5.74, 6) is 0.660. The van der Waals surface area contributed by atoms with Crippen molar-refractivity contribution in [1.82, 2.24) is 20.6 Å². The number of urea groups is 1. The molecule has 1 aliphatic rings. The molecule has 0 aliphatic heterocycles. The number of rotatable bonds is 5. The second-order valence-electron chi connectivity index (χ2n) is 5.76. The number of nitrogens with zero attached hydrogens (tertiary/aromatic N) is 2. The molecular weight excluding hydrogens is 316 g/mol. The number of carbonyl (C=O) groups excluding carboxylic acids is 1. The predicted octanol–water partition coefficient (Wildman–Crippen LogP) is 3.91. The largest absolute Gasteiger partial charge is 0.330 e. The first-order chi connectivity index (χ1) is 10.5. The minimum Gasteiger partial charge on any atom is -0.330 e. The molecule has 2 atom stereocenters. The third-order valence-corrected chi connectivity index (χ3v) is 5.74. The van der Waals surface area contributed by atoms with Crippen molar-refractivity contribution in [2.24, 2.45) is 0 Å². The number of aryl methyl sites for hydroxylation is 1. The van der Waals surface area contributed by atoms with Gasteiger partial charge in [0.05, 0.1) is 22.8 Å². The highest BCUT2D eigenvalue weighted by Crippen LogP contribution is 2.41. The van der Waals surface area contributed by atoms with Gasteiger partial charge in [0.15, 0.2) is 0 Å². The molecule has 3 rings (SSSR count). The Hall–Kier alpha value is -1.47. The molecular formula is C15H20N4OS2. The van der Waals surface area contributed by atoms with Crippen molar-refractivity contribution < 1.29 is 4.79 Å². The lowest BCUT2D eigenvalue weighted by atomic mass is 10.2. The molecule has 2 heterocycles. The minimum atomic E-state index is -0.186. The van der Waals surface area contributed by atoms with E-state index >= 15 is 0 Å². The average Bonchev–Trinajstić information content (AvgIpc) is 3.02. The van der Waals surface area contributed by atoms with Crippen LogP contribution < -0.4 is 10.6 Å². The fourth-order valence-electron chi connectivity index (χ4n) is 2.16. The molecule has 1 saturated carbocycles. The maximum Gasteiger partial charge on any atom is 0.315 e. The van der Waals surface area contributed by atoms with Gasteiger partial charge in [-0.2, -0.15) is 0 Å². The van der Waals surface area contributed by atoms with Crippen LogP contribution in [0.5, 0.6) is 0 Å². The number of hydrogen-bond acceptors (Lipinski definition) is 5. The molecule has 0 radical (unpaired) electrons. The summed E-state index contributed by atoms with van der Waals surface area (Å²) in [7, 11) is 0. The predicted molar refractivity (Wildman–Crippen MR) is 89.4 cm³/mol. The van der Waals surface area contributed by atoms with Crippen molar-refractivity contribution in [3.05, 3.63) is 32.2 Å². The zero-order chi connectivity index (χ0) is 15.7. The van der Waals surface area contributed by atoms with Gasteiger partial charge in [-0.15, -0.1) is 22.7 Å². The van der Waals surface area contributed by atoms with Gasteiger partial charge in [-0.3, -0.25) is 0 Å². The van der Waals surface area contributed by atoms with Gasteiger partial charge in [0, 0.05) is 22.4 Å². The van der Waals surface area contributed by atoms with Gasteiger partial charge in [-0.1, -0.05) is 0 Å². The smallest absolute Gasteiger partial charge is 0.315 e. The Morgan fingerprint density at radius 3 is 2.68 bits per heavy atom. The molecule has 1 fully saturated rings. The summed E-state index contributed by atoms with van der Waals surface area (Å²) in [6.07, 6.45) is 4.33. The molecule has 2 N–H and O–H groups in total. The first-order valence-corrected chi connectivity index (χ1v) is 9.17. The van der Waals surface area contributed by atoms with Gasteiger partial charge in [0.2, 0.25) is 0 Å². The van der Waals surface area contributed by atoms with Gasteiger partial charge < -0.3 is 10.6 Å². The number of hydrogen-bond donors (Lipinski definition) is 2. The first-order valence-electron chi connectivity index (χ1n) is 7.47. The van der Waals surface area contributed by atoms with Gasteiger partial charge >= 0.3 is 6.03 Å². The molecule has 2 aromatic heterocycles. The van der Waals surface area contributed by atoms with Crippen LogP contribution in [-0.4, -0.2) is 16.0 Å². The SMILES string of the molecule is Cc1cnc(C(C)NC(=O)NC(C)c2csc(C3CC3)n2)s1. The summed E-state index contributed by atoms with van der Waals surface area (Å²) in [5, 5.41) is 10.0. The molecule has 118 valence electrons. The van der Waals surface area contributed by atoms with Gasteiger partial charge in [-0.05, 0) is 33.6 Å². The van der Waals surface area contributed by atoms with Crippen LogP contribution in [0.3, 0.4) is 0 Å². The molecule has 7 heteroatoms. The van der Waals surface area contributed by atoms with E-state index in [9.17, 15) is 4.79 Å². The standard InChI is InChI=1S/C15H20N4OS2/c1-8-6-16-13(22-8)10(3)18-15(20)17-9(2)12-7-21-14(19-12)11-4-5-11/h6-7,9-11H,4-5H2,1-3H3,(H2,17,18,20). The van der Waals surface area contributed by atoms with Gasteiger partial charge in [0.1, 0.15) is 5.01 Å². The Bertz CT molecular complexity index is 662. The highest BCUT2D eigenvalue weighted by molar-refractivity contribution is 7.11. The maximum absolute atomic E-state index is 12.1. The number of thiazole rings is 2. The highest BCUT2D eigenvalue weighted by atomic mass is 32.1. The van der Waals surface area contributed by atoms with Crippen LogP contribution in [0.25, 0.3) is 0 Å². The van der Waals surface area contributed by atoms with Crippen molar-refractivity contribution in [2.75, 3.05) is 0 Å². The minimum absolute atomic E-state index is 0.0889. The molecule has 1 aliphatic carbocycles. The summed E-state index contributed by atoms with van der Waals surface area (Å²) in [6, 6.07) is -0.369. The monoisotopic (exact) mass is 336 g/mol. The zero-order valence-corrected chi connectivity index (χ0v) is 14.6. The lowest BCUT2D eigenvalue weighted by molar-refractivity contribution is 0.234. The van der Waals surface area contributed by atoms with Crippen molar-refractivity contribution in [3.8, 4) is 0 Å². The third-order valence-electron chi connectivity index (χ3n) is 3.61. The van der Waals surface area contributed by atoms with Gasteiger partial charge in [-0.25, -0.2) is 14.8 Å². The van der Waals surface area contributed by atoms with Crippen LogP contribution in [0.1, 0.15) is 65.3 Å². The fourth-order valence-corrected chi connectivity index (χ4v) is 4.02. The van der Waals surface area contributed by atoms with Crippen LogP contribution in [0, 0.1) is 6.92 Å². The summed E-state index contributed by atoms with van der Waals surface area (Å²) in [6.45, 7) is 5.91. The summed E-state index contributed by atoms with van der Waals surface area (Å²) in [5.41, 5.74) is 0.944. The van der Waals surface area contributed by atoms with Crippen molar-refractivity contribution in [2.45, 2.75) is 51.6 Å². The summed E-state index contributed by atoms with van der Waals surface area (Å²) in [4.78, 5) is 22.2. The zero-order valence-electron chi connectivity index (χ0n) is 12.9. The van der Waals surface area contributed by atoms with E-state index in [-0.39, 0.29) is 18.1 Å². The second kappa shape index (κ2) is 6.34. The molecule has 22 heavy (non-hydrogen) atoms. The number of carbonyl (C=O) groups is 1. The van der Waals surface area contributed by atoms with Crippen LogP contribution in [0.4, 0.5) is 4.79 Å². The molecule has 0 aromatic carbocycles. The van der Waals surface area contributed by atoms with Crippen LogP contribution in [0.2, 0.25) is 0 Å². The molecule has 0 spiro atoms. The first kappa shape index (κ1) is 15.4. The van der Waals surface area contributed by atoms with E-state index in [1.165, 1.54) is 17.8 Å². The van der Waals surface area contributed by atoms with Crippen molar-refractivity contribution in [1.29, 1.82) is 0 Å². The van der Waals surface area contributed by atoms with E-state index in [1.54, 1.807) is 22.7 Å². The Kier molecular flexibility index (Phi) is 4.44. The van der Waals surface area contributed by atoms with E-state index in [1.807, 2.05) is 32.3 Å². The van der Waals surface area contributed by atoms with E-state index in [0.717, 1.165) is 15.6 Å². The maximum atomic E-state index is 12.1. The second-order valence-corrected chi connectivity index (χ2v) is 7.91. The van der Waals surface area contributed by atoms with Crippen LogP contribution in [-0.2, 0) is 0 Å². The third kappa shape index (κ3) is 3.64. The van der Waals surface area contributed by atoms with E-state index in [4.69, 9.17) is 0 Å². The fraction of sp³-hybridized carbons (Fsp3) is 0.533. The number of amides is 2. The van der Waals surface area contributed by atoms with E-state index < -0.39 is 0 Å². The van der Waals surface area contributed by atoms with Crippen molar-refractivity contribution >= 4 is 28.7 Å². The Balaban J connectivity index is 1.53. The molecule has 2 amide bonds. The molecule has 0 saturated heterocycles. The Morgan fingerprint density at radius 1 is 1.32 bits per heavy atom. The number of aromatic nitrogens is 2. The van der Waals surface area contributed by atoms with E-state index in [0.29, 0.717) is 5.92 Å². The summed E-state index contributed by atoms with van der Waals surface area (Å²) >= 11 is 3.30. The Morgan fingerprint density at radius 2 is 2.05 bits per heavy atom. The lowest BCUT2D eigenvalue weighted by Crippen LogP contribution is -2.38. The molecule has 5 nitrogen and oxygen atoms in total. The number of nitrogens with one attached hydrogen (secondary N) is 2.